The van der Waals surface area contributed by atoms with Gasteiger partial charge in [-0.15, -0.1) is 35.3 Å². The van der Waals surface area contributed by atoms with E-state index in [0.29, 0.717) is 6.54 Å². The molecule has 0 aromatic carbocycles. The van der Waals surface area contributed by atoms with Gasteiger partial charge >= 0.3 is 0 Å². The summed E-state index contributed by atoms with van der Waals surface area (Å²) in [7, 11) is 1.78. The minimum absolute atomic E-state index is 0. The molecule has 25 heavy (non-hydrogen) atoms. The lowest BCUT2D eigenvalue weighted by Gasteiger charge is -2.17. The number of halogens is 1. The topological polar surface area (TPSA) is 65.4 Å². The van der Waals surface area contributed by atoms with Crippen LogP contribution < -0.4 is 15.5 Å². The number of aromatic nitrogens is 2. The van der Waals surface area contributed by atoms with E-state index in [0.717, 1.165) is 36.4 Å². The predicted octanol–water partition coefficient (Wildman–Crippen LogP) is 2.93. The first kappa shape index (κ1) is 19.9. The van der Waals surface area contributed by atoms with Crippen LogP contribution in [-0.4, -0.2) is 36.1 Å². The number of nitrogens with one attached hydrogen (secondary N) is 2. The molecule has 0 spiro atoms. The maximum Gasteiger partial charge on any atom is 0.191 e. The highest BCUT2D eigenvalue weighted by atomic mass is 127. The van der Waals surface area contributed by atoms with Crippen molar-refractivity contribution in [2.75, 3.05) is 25.0 Å². The van der Waals surface area contributed by atoms with Crippen molar-refractivity contribution < 1.29 is 0 Å². The fourth-order valence-corrected chi connectivity index (χ4v) is 3.47. The number of anilines is 1. The SMILES string of the molecule is CN=C(NCc1ccnc(N2CCCC2)c1)NCc1ncc(C)s1.I. The Bertz CT molecular complexity index is 696. The van der Waals surface area contributed by atoms with Crippen molar-refractivity contribution in [1.29, 1.82) is 0 Å². The monoisotopic (exact) mass is 472 g/mol. The second-order valence-electron chi connectivity index (χ2n) is 5.86. The zero-order chi connectivity index (χ0) is 16.8. The van der Waals surface area contributed by atoms with Crippen LogP contribution in [0, 0.1) is 6.92 Å². The largest absolute Gasteiger partial charge is 0.357 e. The van der Waals surface area contributed by atoms with Crippen molar-refractivity contribution in [2.45, 2.75) is 32.9 Å². The highest BCUT2D eigenvalue weighted by Crippen LogP contribution is 2.18. The number of pyridine rings is 1. The number of nitrogens with zero attached hydrogens (tertiary/aromatic N) is 4. The van der Waals surface area contributed by atoms with Crippen LogP contribution in [0.5, 0.6) is 0 Å². The zero-order valence-corrected chi connectivity index (χ0v) is 17.8. The van der Waals surface area contributed by atoms with E-state index >= 15 is 0 Å². The summed E-state index contributed by atoms with van der Waals surface area (Å²) < 4.78 is 0. The summed E-state index contributed by atoms with van der Waals surface area (Å²) in [5.74, 6) is 1.86. The van der Waals surface area contributed by atoms with Crippen molar-refractivity contribution in [3.63, 3.8) is 0 Å². The molecule has 1 saturated heterocycles. The normalized spacial score (nSPS) is 14.3. The molecule has 0 unspecified atom stereocenters. The van der Waals surface area contributed by atoms with E-state index in [2.05, 4.69) is 43.5 Å². The van der Waals surface area contributed by atoms with Crippen LogP contribution in [0.15, 0.2) is 29.5 Å². The summed E-state index contributed by atoms with van der Waals surface area (Å²) in [5.41, 5.74) is 1.21. The summed E-state index contributed by atoms with van der Waals surface area (Å²) in [6.07, 6.45) is 6.31. The van der Waals surface area contributed by atoms with Gasteiger partial charge in [0, 0.05) is 44.0 Å². The Hall–Kier alpha value is -1.42. The van der Waals surface area contributed by atoms with Gasteiger partial charge in [0.25, 0.3) is 0 Å². The van der Waals surface area contributed by atoms with Gasteiger partial charge in [0.05, 0.1) is 6.54 Å². The van der Waals surface area contributed by atoms with Gasteiger partial charge in [-0.1, -0.05) is 0 Å². The maximum atomic E-state index is 4.49. The van der Waals surface area contributed by atoms with Gasteiger partial charge in [-0.05, 0) is 37.5 Å². The molecule has 1 fully saturated rings. The van der Waals surface area contributed by atoms with Gasteiger partial charge in [0.1, 0.15) is 10.8 Å². The van der Waals surface area contributed by atoms with E-state index in [1.807, 2.05) is 18.5 Å². The highest BCUT2D eigenvalue weighted by Gasteiger charge is 2.13. The molecule has 2 aromatic heterocycles. The molecule has 3 heterocycles. The fourth-order valence-electron chi connectivity index (χ4n) is 2.74. The van der Waals surface area contributed by atoms with Crippen molar-refractivity contribution in [2.24, 2.45) is 4.99 Å². The lowest BCUT2D eigenvalue weighted by atomic mass is 10.2. The van der Waals surface area contributed by atoms with Crippen LogP contribution >= 0.6 is 35.3 Å². The number of rotatable bonds is 5. The minimum atomic E-state index is 0. The molecule has 1 aliphatic rings. The molecule has 0 radical (unpaired) electrons. The van der Waals surface area contributed by atoms with E-state index < -0.39 is 0 Å². The number of hydrogen-bond acceptors (Lipinski definition) is 5. The van der Waals surface area contributed by atoms with Gasteiger partial charge in [-0.2, -0.15) is 0 Å². The number of thiazole rings is 1. The third-order valence-electron chi connectivity index (χ3n) is 4.00. The van der Waals surface area contributed by atoms with Crippen LogP contribution in [0.25, 0.3) is 0 Å². The summed E-state index contributed by atoms with van der Waals surface area (Å²) in [6, 6.07) is 4.21. The minimum Gasteiger partial charge on any atom is -0.357 e. The van der Waals surface area contributed by atoms with E-state index in [9.17, 15) is 0 Å². The Labute approximate surface area is 170 Å². The van der Waals surface area contributed by atoms with Crippen molar-refractivity contribution >= 4 is 47.1 Å². The maximum absolute atomic E-state index is 4.49. The average molecular weight is 472 g/mol. The predicted molar refractivity (Wildman–Crippen MR) is 115 cm³/mol. The first-order valence-corrected chi connectivity index (χ1v) is 9.12. The van der Waals surface area contributed by atoms with Crippen LogP contribution in [0.3, 0.4) is 0 Å². The third-order valence-corrected chi connectivity index (χ3v) is 4.91. The molecule has 2 aromatic rings. The zero-order valence-electron chi connectivity index (χ0n) is 14.7. The number of guanidine groups is 1. The van der Waals surface area contributed by atoms with E-state index in [1.54, 1.807) is 18.4 Å². The third kappa shape index (κ3) is 5.81. The van der Waals surface area contributed by atoms with Gasteiger partial charge in [-0.3, -0.25) is 4.99 Å². The second-order valence-corrected chi connectivity index (χ2v) is 7.18. The Morgan fingerprint density at radius 2 is 2.00 bits per heavy atom. The summed E-state index contributed by atoms with van der Waals surface area (Å²) in [6.45, 7) is 5.70. The van der Waals surface area contributed by atoms with Crippen LogP contribution in [0.1, 0.15) is 28.3 Å². The van der Waals surface area contributed by atoms with Crippen molar-refractivity contribution in [1.82, 2.24) is 20.6 Å². The lowest BCUT2D eigenvalue weighted by Crippen LogP contribution is -2.36. The van der Waals surface area contributed by atoms with Gasteiger partial charge in [0.2, 0.25) is 0 Å². The average Bonchev–Trinajstić information content (AvgIpc) is 3.27. The number of hydrogen-bond donors (Lipinski definition) is 2. The highest BCUT2D eigenvalue weighted by molar-refractivity contribution is 14.0. The second kappa shape index (κ2) is 9.91. The van der Waals surface area contributed by atoms with Gasteiger partial charge in [0.15, 0.2) is 5.96 Å². The molecule has 0 aliphatic carbocycles. The Morgan fingerprint density at radius 1 is 1.24 bits per heavy atom. The molecular weight excluding hydrogens is 447 g/mol. The summed E-state index contributed by atoms with van der Waals surface area (Å²) >= 11 is 1.70. The molecule has 136 valence electrons. The molecule has 0 amide bonds. The Morgan fingerprint density at radius 3 is 2.68 bits per heavy atom. The molecule has 6 nitrogen and oxygen atoms in total. The smallest absolute Gasteiger partial charge is 0.191 e. The first-order chi connectivity index (χ1) is 11.7. The summed E-state index contributed by atoms with van der Waals surface area (Å²) in [4.78, 5) is 16.7. The van der Waals surface area contributed by atoms with Crippen LogP contribution in [-0.2, 0) is 13.1 Å². The molecule has 0 bridgehead atoms. The standard InChI is InChI=1S/C17H24N6S.HI/c1-13-10-20-16(24-13)12-22-17(18-2)21-11-14-5-6-19-15(9-14)23-7-3-4-8-23;/h5-6,9-10H,3-4,7-8,11-12H2,1-2H3,(H2,18,21,22);1H. The lowest BCUT2D eigenvalue weighted by molar-refractivity contribution is 0.803. The van der Waals surface area contributed by atoms with E-state index in [1.165, 1.54) is 23.3 Å². The molecule has 2 N–H and O–H groups in total. The molecule has 1 aliphatic heterocycles. The van der Waals surface area contributed by atoms with Crippen LogP contribution in [0.4, 0.5) is 5.82 Å². The van der Waals surface area contributed by atoms with E-state index in [-0.39, 0.29) is 24.0 Å². The van der Waals surface area contributed by atoms with Gasteiger partial charge < -0.3 is 15.5 Å². The van der Waals surface area contributed by atoms with Crippen molar-refractivity contribution in [3.8, 4) is 0 Å². The Balaban J connectivity index is 0.00000225. The molecule has 0 atom stereocenters. The van der Waals surface area contributed by atoms with Crippen molar-refractivity contribution in [3.05, 3.63) is 40.0 Å². The van der Waals surface area contributed by atoms with E-state index in [4.69, 9.17) is 0 Å². The van der Waals surface area contributed by atoms with Gasteiger partial charge in [-0.25, -0.2) is 9.97 Å². The molecule has 3 rings (SSSR count). The number of aryl methyl sites for hydroxylation is 1. The molecule has 0 saturated carbocycles. The fraction of sp³-hybridized carbons (Fsp3) is 0.471. The van der Waals surface area contributed by atoms with Crippen LogP contribution in [0.2, 0.25) is 0 Å². The number of aliphatic imine (C=N–C) groups is 1. The molecular formula is C17H25IN6S. The first-order valence-electron chi connectivity index (χ1n) is 8.30. The quantitative estimate of drug-likeness (QED) is 0.398. The summed E-state index contributed by atoms with van der Waals surface area (Å²) in [5, 5.41) is 7.72. The Kier molecular flexibility index (Phi) is 7.89. The molecule has 8 heteroatoms.